The predicted molar refractivity (Wildman–Crippen MR) is 115 cm³/mol. The maximum absolute atomic E-state index is 12.3. The summed E-state index contributed by atoms with van der Waals surface area (Å²) in [4.78, 5) is 35.5. The molecule has 2 aliphatic carbocycles. The number of hydrogen-bond donors (Lipinski definition) is 3. The van der Waals surface area contributed by atoms with E-state index < -0.39 is 18.1 Å². The molecule has 0 saturated heterocycles. The monoisotopic (exact) mass is 422 g/mol. The minimum absolute atomic E-state index is 0.0000581. The highest BCUT2D eigenvalue weighted by Gasteiger charge is 2.37. The maximum atomic E-state index is 12.3. The van der Waals surface area contributed by atoms with Crippen LogP contribution < -0.4 is 10.6 Å². The average molecular weight is 422 g/mol. The van der Waals surface area contributed by atoms with Gasteiger partial charge in [0.1, 0.15) is 12.6 Å². The van der Waals surface area contributed by atoms with Crippen LogP contribution in [0.5, 0.6) is 0 Å². The van der Waals surface area contributed by atoms with Crippen LogP contribution in [0, 0.1) is 5.92 Å². The van der Waals surface area contributed by atoms with Crippen LogP contribution in [0.2, 0.25) is 0 Å². The van der Waals surface area contributed by atoms with E-state index in [9.17, 15) is 14.4 Å². The molecule has 0 heterocycles. The fourth-order valence-electron chi connectivity index (χ4n) is 4.38. The minimum atomic E-state index is -1.04. The Bertz CT molecular complexity index is 953. The smallest absolute Gasteiger partial charge is 0.407 e. The predicted octanol–water partition coefficient (Wildman–Crippen LogP) is 3.28. The van der Waals surface area contributed by atoms with E-state index >= 15 is 0 Å². The Morgan fingerprint density at radius 1 is 1.03 bits per heavy atom. The molecule has 1 saturated carbocycles. The molecule has 31 heavy (non-hydrogen) atoms. The van der Waals surface area contributed by atoms with Gasteiger partial charge in [0.05, 0.1) is 0 Å². The van der Waals surface area contributed by atoms with Gasteiger partial charge in [-0.3, -0.25) is 4.79 Å². The molecule has 7 nitrogen and oxygen atoms in total. The summed E-state index contributed by atoms with van der Waals surface area (Å²) in [5.41, 5.74) is 4.65. The van der Waals surface area contributed by atoms with Crippen molar-refractivity contribution >= 4 is 18.0 Å². The number of carboxylic acid groups (broad SMARTS) is 1. The van der Waals surface area contributed by atoms with Crippen molar-refractivity contribution in [2.45, 2.75) is 44.2 Å². The summed E-state index contributed by atoms with van der Waals surface area (Å²) in [6.07, 6.45) is 0.788. The molecule has 0 bridgehead atoms. The Hall–Kier alpha value is -3.35. The number of nitrogens with one attached hydrogen (secondary N) is 2. The number of ether oxygens (including phenoxy) is 1. The van der Waals surface area contributed by atoms with E-state index in [4.69, 9.17) is 9.84 Å². The first-order valence-electron chi connectivity index (χ1n) is 10.6. The molecular formula is C24H26N2O5. The first-order chi connectivity index (χ1) is 15.0. The van der Waals surface area contributed by atoms with Crippen LogP contribution in [0.1, 0.15) is 43.2 Å². The van der Waals surface area contributed by atoms with E-state index in [0.717, 1.165) is 11.1 Å². The number of amides is 2. The highest BCUT2D eigenvalue weighted by Crippen LogP contribution is 2.44. The number of alkyl carbamates (subject to hydrolysis) is 1. The standard InChI is InChI=1S/C24H26N2O5/c1-2-21(23(28)29)26-22(27)14-11-15(12-14)25-24(30)31-13-20-18-9-5-3-7-16(18)17-8-4-6-10-19(17)20/h3-10,14-15,20-21H,2,11-13H2,1H3,(H,25,30)(H,26,27)(H,28,29)/t14?,15?,21-/m1/s1. The van der Waals surface area contributed by atoms with Gasteiger partial charge in [-0.15, -0.1) is 0 Å². The number of fused-ring (bicyclic) bond motifs is 3. The zero-order chi connectivity index (χ0) is 22.0. The number of carbonyl (C=O) groups excluding carboxylic acids is 2. The van der Waals surface area contributed by atoms with Crippen molar-refractivity contribution in [1.82, 2.24) is 10.6 Å². The minimum Gasteiger partial charge on any atom is -0.480 e. The highest BCUT2D eigenvalue weighted by atomic mass is 16.5. The van der Waals surface area contributed by atoms with Gasteiger partial charge >= 0.3 is 12.1 Å². The Morgan fingerprint density at radius 3 is 2.16 bits per heavy atom. The third kappa shape index (κ3) is 4.26. The summed E-state index contributed by atoms with van der Waals surface area (Å²) >= 11 is 0. The Balaban J connectivity index is 1.27. The summed E-state index contributed by atoms with van der Waals surface area (Å²) in [7, 11) is 0. The average Bonchev–Trinajstić information content (AvgIpc) is 3.06. The molecule has 1 fully saturated rings. The molecule has 2 aliphatic rings. The summed E-state index contributed by atoms with van der Waals surface area (Å²) in [6.45, 7) is 1.95. The van der Waals surface area contributed by atoms with Crippen LogP contribution in [-0.4, -0.2) is 41.8 Å². The molecule has 162 valence electrons. The van der Waals surface area contributed by atoms with Gasteiger partial charge < -0.3 is 20.5 Å². The molecule has 1 atom stereocenters. The second-order valence-electron chi connectivity index (χ2n) is 8.14. The van der Waals surface area contributed by atoms with Crippen LogP contribution in [-0.2, 0) is 14.3 Å². The fourth-order valence-corrected chi connectivity index (χ4v) is 4.38. The number of hydrogen-bond acceptors (Lipinski definition) is 4. The highest BCUT2D eigenvalue weighted by molar-refractivity contribution is 5.85. The normalized spacial score (nSPS) is 20.0. The van der Waals surface area contributed by atoms with Crippen molar-refractivity contribution in [3.8, 4) is 11.1 Å². The molecule has 3 N–H and O–H groups in total. The van der Waals surface area contributed by atoms with E-state index in [1.54, 1.807) is 6.92 Å². The number of rotatable bonds is 7. The summed E-state index contributed by atoms with van der Waals surface area (Å²) in [6, 6.07) is 15.3. The van der Waals surface area contributed by atoms with Crippen molar-refractivity contribution in [3.05, 3.63) is 59.7 Å². The summed E-state index contributed by atoms with van der Waals surface area (Å²) in [5, 5.41) is 14.4. The van der Waals surface area contributed by atoms with Crippen LogP contribution in [0.25, 0.3) is 11.1 Å². The number of benzene rings is 2. The van der Waals surface area contributed by atoms with E-state index in [0.29, 0.717) is 19.3 Å². The van der Waals surface area contributed by atoms with Crippen molar-refractivity contribution in [2.75, 3.05) is 6.61 Å². The molecule has 2 aromatic rings. The van der Waals surface area contributed by atoms with E-state index in [1.807, 2.05) is 24.3 Å². The van der Waals surface area contributed by atoms with Gasteiger partial charge in [-0.2, -0.15) is 0 Å². The lowest BCUT2D eigenvalue weighted by Crippen LogP contribution is -2.52. The van der Waals surface area contributed by atoms with Crippen LogP contribution >= 0.6 is 0 Å². The lowest BCUT2D eigenvalue weighted by atomic mass is 9.79. The Labute approximate surface area is 180 Å². The molecule has 2 amide bonds. The van der Waals surface area contributed by atoms with Crippen LogP contribution in [0.3, 0.4) is 0 Å². The molecule has 0 radical (unpaired) electrons. The molecule has 4 rings (SSSR count). The van der Waals surface area contributed by atoms with Gasteiger partial charge in [-0.25, -0.2) is 9.59 Å². The molecule has 7 heteroatoms. The second kappa shape index (κ2) is 8.79. The quantitative estimate of drug-likeness (QED) is 0.635. The van der Waals surface area contributed by atoms with Crippen molar-refractivity contribution < 1.29 is 24.2 Å². The second-order valence-corrected chi connectivity index (χ2v) is 8.14. The lowest BCUT2D eigenvalue weighted by Gasteiger charge is -2.35. The van der Waals surface area contributed by atoms with Crippen molar-refractivity contribution in [1.29, 1.82) is 0 Å². The van der Waals surface area contributed by atoms with Crippen molar-refractivity contribution in [2.24, 2.45) is 5.92 Å². The molecule has 0 unspecified atom stereocenters. The van der Waals surface area contributed by atoms with Gasteiger partial charge in [0.2, 0.25) is 5.91 Å². The SMILES string of the molecule is CC[C@@H](NC(=O)C1CC(NC(=O)OCC2c3ccccc3-c3ccccc32)C1)C(=O)O. The summed E-state index contributed by atoms with van der Waals surface area (Å²) < 4.78 is 5.53. The maximum Gasteiger partial charge on any atom is 0.407 e. The zero-order valence-corrected chi connectivity index (χ0v) is 17.3. The van der Waals surface area contributed by atoms with Crippen molar-refractivity contribution in [3.63, 3.8) is 0 Å². The molecule has 2 aromatic carbocycles. The topological polar surface area (TPSA) is 105 Å². The fraction of sp³-hybridized carbons (Fsp3) is 0.375. The van der Waals surface area contributed by atoms with Gasteiger partial charge in [0.25, 0.3) is 0 Å². The van der Waals surface area contributed by atoms with Crippen LogP contribution in [0.4, 0.5) is 4.79 Å². The molecular weight excluding hydrogens is 396 g/mol. The number of carboxylic acids is 1. The van der Waals surface area contributed by atoms with E-state index in [-0.39, 0.29) is 30.4 Å². The number of carbonyl (C=O) groups is 3. The van der Waals surface area contributed by atoms with Gasteiger partial charge in [-0.1, -0.05) is 55.5 Å². The van der Waals surface area contributed by atoms with Gasteiger partial charge in [0, 0.05) is 17.9 Å². The third-order valence-corrected chi connectivity index (χ3v) is 6.20. The molecule has 0 spiro atoms. The van der Waals surface area contributed by atoms with Gasteiger partial charge in [0.15, 0.2) is 0 Å². The Kier molecular flexibility index (Phi) is 5.93. The van der Waals surface area contributed by atoms with Crippen LogP contribution in [0.15, 0.2) is 48.5 Å². The largest absolute Gasteiger partial charge is 0.480 e. The molecule has 0 aromatic heterocycles. The zero-order valence-electron chi connectivity index (χ0n) is 17.3. The summed E-state index contributed by atoms with van der Waals surface area (Å²) in [5.74, 6) is -1.60. The lowest BCUT2D eigenvalue weighted by molar-refractivity contribution is -0.143. The first-order valence-corrected chi connectivity index (χ1v) is 10.6. The third-order valence-electron chi connectivity index (χ3n) is 6.20. The van der Waals surface area contributed by atoms with E-state index in [2.05, 4.69) is 34.9 Å². The molecule has 0 aliphatic heterocycles. The first kappa shape index (κ1) is 20.9. The number of aliphatic carboxylic acids is 1. The van der Waals surface area contributed by atoms with Gasteiger partial charge in [-0.05, 0) is 41.5 Å². The Morgan fingerprint density at radius 2 is 1.61 bits per heavy atom. The van der Waals surface area contributed by atoms with E-state index in [1.165, 1.54) is 11.1 Å².